The number of anilines is 1. The molecule has 1 heterocycles. The topological polar surface area (TPSA) is 75.7 Å². The maximum atomic E-state index is 12.5. The van der Waals surface area contributed by atoms with E-state index in [4.69, 9.17) is 4.74 Å². The van der Waals surface area contributed by atoms with Crippen molar-refractivity contribution < 1.29 is 19.1 Å². The summed E-state index contributed by atoms with van der Waals surface area (Å²) in [5.74, 6) is -0.861. The predicted molar refractivity (Wildman–Crippen MR) is 127 cm³/mol. The van der Waals surface area contributed by atoms with E-state index in [1.165, 1.54) is 0 Å². The van der Waals surface area contributed by atoms with Gasteiger partial charge in [-0.15, -0.1) is 0 Å². The lowest BCUT2D eigenvalue weighted by atomic mass is 10.1. The minimum atomic E-state index is -0.577. The first-order chi connectivity index (χ1) is 16.1. The van der Waals surface area contributed by atoms with Crippen molar-refractivity contribution in [1.82, 2.24) is 4.90 Å². The fraction of sp³-hybridized carbons (Fsp3) is 0.192. The first-order valence-corrected chi connectivity index (χ1v) is 11.6. The molecule has 33 heavy (non-hydrogen) atoms. The van der Waals surface area contributed by atoms with Crippen LogP contribution in [0.25, 0.3) is 0 Å². The van der Waals surface area contributed by atoms with Crippen LogP contribution in [0.5, 0.6) is 0 Å². The molecular weight excluding hydrogens is 436 g/mol. The molecule has 3 aromatic carbocycles. The predicted octanol–water partition coefficient (Wildman–Crippen LogP) is 4.76. The molecule has 0 spiro atoms. The molecule has 2 amide bonds. The molecule has 0 radical (unpaired) electrons. The number of carbonyl (C=O) groups is 3. The summed E-state index contributed by atoms with van der Waals surface area (Å²) in [6, 6.07) is 24.3. The molecule has 1 aliphatic rings. The maximum Gasteiger partial charge on any atom is 0.338 e. The van der Waals surface area contributed by atoms with E-state index in [1.54, 1.807) is 34.9 Å². The Hall–Kier alpha value is -3.58. The van der Waals surface area contributed by atoms with Gasteiger partial charge in [0.2, 0.25) is 5.91 Å². The van der Waals surface area contributed by atoms with Gasteiger partial charge in [0.25, 0.3) is 5.91 Å². The summed E-state index contributed by atoms with van der Waals surface area (Å²) < 4.78 is 5.23. The van der Waals surface area contributed by atoms with Gasteiger partial charge in [0.15, 0.2) is 6.61 Å². The second-order valence-electron chi connectivity index (χ2n) is 7.65. The molecule has 4 rings (SSSR count). The Labute approximate surface area is 196 Å². The van der Waals surface area contributed by atoms with Gasteiger partial charge in [-0.3, -0.25) is 9.59 Å². The average molecular weight is 461 g/mol. The van der Waals surface area contributed by atoms with Crippen molar-refractivity contribution in [3.8, 4) is 0 Å². The van der Waals surface area contributed by atoms with Crippen molar-refractivity contribution in [2.24, 2.45) is 0 Å². The Bertz CT molecular complexity index is 1150. The standard InChI is InChI=1S/C26H24N2O4S/c29-24(27-22-12-4-5-13-23(22)33-21-10-2-1-3-11-21)18-32-26(31)20-9-6-8-19(16-20)17-28-15-7-14-25(28)30/h1-6,8-13,16H,7,14-15,17-18H2,(H,27,29). The Kier molecular flexibility index (Phi) is 7.42. The molecule has 0 aromatic heterocycles. The maximum absolute atomic E-state index is 12.5. The number of hydrogen-bond acceptors (Lipinski definition) is 5. The fourth-order valence-electron chi connectivity index (χ4n) is 3.56. The zero-order valence-corrected chi connectivity index (χ0v) is 18.8. The molecule has 1 fully saturated rings. The Morgan fingerprint density at radius 2 is 1.76 bits per heavy atom. The van der Waals surface area contributed by atoms with E-state index in [2.05, 4.69) is 5.32 Å². The average Bonchev–Trinajstić information content (AvgIpc) is 3.24. The van der Waals surface area contributed by atoms with Gasteiger partial charge in [0.1, 0.15) is 0 Å². The molecule has 6 nitrogen and oxygen atoms in total. The molecule has 1 saturated heterocycles. The molecule has 0 bridgehead atoms. The molecule has 7 heteroatoms. The number of amides is 2. The molecule has 0 aliphatic carbocycles. The zero-order chi connectivity index (χ0) is 23.0. The third-order valence-electron chi connectivity index (χ3n) is 5.17. The minimum Gasteiger partial charge on any atom is -0.452 e. The summed E-state index contributed by atoms with van der Waals surface area (Å²) in [5.41, 5.74) is 1.87. The van der Waals surface area contributed by atoms with Gasteiger partial charge < -0.3 is 15.0 Å². The van der Waals surface area contributed by atoms with E-state index < -0.39 is 18.5 Å². The number of rotatable bonds is 8. The van der Waals surface area contributed by atoms with Gasteiger partial charge in [-0.25, -0.2) is 4.79 Å². The Balaban J connectivity index is 1.33. The van der Waals surface area contributed by atoms with Crippen LogP contribution in [0.3, 0.4) is 0 Å². The first kappa shape index (κ1) is 22.6. The summed E-state index contributed by atoms with van der Waals surface area (Å²) in [6.07, 6.45) is 1.44. The van der Waals surface area contributed by atoms with Gasteiger partial charge in [0.05, 0.1) is 11.3 Å². The summed E-state index contributed by atoms with van der Waals surface area (Å²) in [5, 5.41) is 2.82. The number of ether oxygens (including phenoxy) is 1. The first-order valence-electron chi connectivity index (χ1n) is 10.7. The van der Waals surface area contributed by atoms with Crippen LogP contribution in [0.2, 0.25) is 0 Å². The van der Waals surface area contributed by atoms with Gasteiger partial charge in [-0.2, -0.15) is 0 Å². The number of esters is 1. The van der Waals surface area contributed by atoms with Crippen molar-refractivity contribution >= 4 is 35.2 Å². The zero-order valence-electron chi connectivity index (χ0n) is 18.0. The van der Waals surface area contributed by atoms with Crippen molar-refractivity contribution in [1.29, 1.82) is 0 Å². The van der Waals surface area contributed by atoms with E-state index in [0.29, 0.717) is 24.2 Å². The summed E-state index contributed by atoms with van der Waals surface area (Å²) >= 11 is 1.54. The monoisotopic (exact) mass is 460 g/mol. The van der Waals surface area contributed by atoms with Crippen LogP contribution in [0, 0.1) is 0 Å². The molecule has 0 saturated carbocycles. The number of nitrogens with one attached hydrogen (secondary N) is 1. The summed E-state index contributed by atoms with van der Waals surface area (Å²) in [7, 11) is 0. The van der Waals surface area contributed by atoms with Crippen molar-refractivity contribution in [2.45, 2.75) is 29.2 Å². The quantitative estimate of drug-likeness (QED) is 0.491. The lowest BCUT2D eigenvalue weighted by Crippen LogP contribution is -2.24. The Morgan fingerprint density at radius 3 is 2.55 bits per heavy atom. The lowest BCUT2D eigenvalue weighted by molar-refractivity contribution is -0.128. The molecular formula is C26H24N2O4S. The number of benzene rings is 3. The van der Waals surface area contributed by atoms with Gasteiger partial charge in [-0.05, 0) is 48.4 Å². The van der Waals surface area contributed by atoms with Crippen molar-refractivity contribution in [3.63, 3.8) is 0 Å². The molecule has 168 valence electrons. The van der Waals surface area contributed by atoms with Crippen LogP contribution in [-0.4, -0.2) is 35.8 Å². The summed E-state index contributed by atoms with van der Waals surface area (Å²) in [6.45, 7) is 0.812. The van der Waals surface area contributed by atoms with Gasteiger partial charge >= 0.3 is 5.97 Å². The highest BCUT2D eigenvalue weighted by Gasteiger charge is 2.20. The van der Waals surface area contributed by atoms with Crippen LogP contribution in [-0.2, 0) is 20.9 Å². The highest BCUT2D eigenvalue weighted by atomic mass is 32.2. The fourth-order valence-corrected chi connectivity index (χ4v) is 4.49. The number of likely N-dealkylation sites (tertiary alicyclic amines) is 1. The van der Waals surface area contributed by atoms with Crippen LogP contribution < -0.4 is 5.32 Å². The third kappa shape index (κ3) is 6.23. The highest BCUT2D eigenvalue weighted by Crippen LogP contribution is 2.33. The normalized spacial score (nSPS) is 13.1. The lowest BCUT2D eigenvalue weighted by Gasteiger charge is -2.16. The minimum absolute atomic E-state index is 0.130. The van der Waals surface area contributed by atoms with Crippen molar-refractivity contribution in [3.05, 3.63) is 90.0 Å². The van der Waals surface area contributed by atoms with E-state index in [-0.39, 0.29) is 5.91 Å². The number of hydrogen-bond donors (Lipinski definition) is 1. The van der Waals surface area contributed by atoms with Crippen LogP contribution in [0.15, 0.2) is 88.7 Å². The number of nitrogens with zero attached hydrogens (tertiary/aromatic N) is 1. The van der Waals surface area contributed by atoms with E-state index >= 15 is 0 Å². The highest BCUT2D eigenvalue weighted by molar-refractivity contribution is 7.99. The third-order valence-corrected chi connectivity index (χ3v) is 6.26. The van der Waals surface area contributed by atoms with Gasteiger partial charge in [-0.1, -0.05) is 54.2 Å². The molecule has 0 atom stereocenters. The largest absolute Gasteiger partial charge is 0.452 e. The molecule has 0 unspecified atom stereocenters. The molecule has 1 aliphatic heterocycles. The Morgan fingerprint density at radius 1 is 0.970 bits per heavy atom. The van der Waals surface area contributed by atoms with E-state index in [9.17, 15) is 14.4 Å². The van der Waals surface area contributed by atoms with Crippen LogP contribution in [0.4, 0.5) is 5.69 Å². The summed E-state index contributed by atoms with van der Waals surface area (Å²) in [4.78, 5) is 40.5. The van der Waals surface area contributed by atoms with E-state index in [0.717, 1.165) is 28.3 Å². The van der Waals surface area contributed by atoms with E-state index in [1.807, 2.05) is 60.7 Å². The number of para-hydroxylation sites is 1. The smallest absolute Gasteiger partial charge is 0.338 e. The van der Waals surface area contributed by atoms with Crippen LogP contribution in [0.1, 0.15) is 28.8 Å². The SMILES string of the molecule is O=C(COC(=O)c1cccc(CN2CCCC2=O)c1)Nc1ccccc1Sc1ccccc1. The van der Waals surface area contributed by atoms with Crippen LogP contribution >= 0.6 is 11.8 Å². The molecule has 3 aromatic rings. The molecule has 1 N–H and O–H groups in total. The second-order valence-corrected chi connectivity index (χ2v) is 8.77. The second kappa shape index (κ2) is 10.8. The van der Waals surface area contributed by atoms with Crippen molar-refractivity contribution in [2.75, 3.05) is 18.5 Å². The number of carbonyl (C=O) groups excluding carboxylic acids is 3. The van der Waals surface area contributed by atoms with Gasteiger partial charge in [0, 0.05) is 29.3 Å².